The molecule has 0 spiro atoms. The van der Waals surface area contributed by atoms with Crippen LogP contribution < -0.4 is 5.43 Å². The standard InChI is InChI=1S/C13H22N2O2/c1-5-17-12-8-11(13(12)16-4)14-15-9(2)6-7-10(15)3/h6-7,11-14H,5,8H2,1-4H3. The molecule has 1 saturated carbocycles. The van der Waals surface area contributed by atoms with Crippen LogP contribution in [0.4, 0.5) is 0 Å². The Morgan fingerprint density at radius 2 is 2.00 bits per heavy atom. The highest BCUT2D eigenvalue weighted by Gasteiger charge is 2.42. The summed E-state index contributed by atoms with van der Waals surface area (Å²) in [4.78, 5) is 0. The second-order valence-corrected chi connectivity index (χ2v) is 4.62. The van der Waals surface area contributed by atoms with Crippen molar-refractivity contribution in [1.82, 2.24) is 4.68 Å². The molecule has 1 heterocycles. The van der Waals surface area contributed by atoms with Gasteiger partial charge in [-0.05, 0) is 32.9 Å². The molecule has 3 unspecified atom stereocenters. The van der Waals surface area contributed by atoms with Gasteiger partial charge in [0.25, 0.3) is 0 Å². The number of hydrogen-bond donors (Lipinski definition) is 1. The molecular weight excluding hydrogens is 216 g/mol. The minimum atomic E-state index is 0.149. The number of nitrogens with zero attached hydrogens (tertiary/aromatic N) is 1. The quantitative estimate of drug-likeness (QED) is 0.850. The van der Waals surface area contributed by atoms with E-state index in [4.69, 9.17) is 9.47 Å². The van der Waals surface area contributed by atoms with Gasteiger partial charge in [0.2, 0.25) is 0 Å². The van der Waals surface area contributed by atoms with Crippen LogP contribution in [-0.2, 0) is 9.47 Å². The van der Waals surface area contributed by atoms with Crippen LogP contribution in [0.3, 0.4) is 0 Å². The van der Waals surface area contributed by atoms with Crippen LogP contribution in [0.15, 0.2) is 12.1 Å². The van der Waals surface area contributed by atoms with Crippen LogP contribution in [0.5, 0.6) is 0 Å². The van der Waals surface area contributed by atoms with Crippen molar-refractivity contribution in [3.63, 3.8) is 0 Å². The number of aryl methyl sites for hydroxylation is 2. The SMILES string of the molecule is CCOC1CC(Nn2c(C)ccc2C)C1OC. The molecule has 0 saturated heterocycles. The molecule has 1 aromatic rings. The Labute approximate surface area is 103 Å². The van der Waals surface area contributed by atoms with E-state index in [9.17, 15) is 0 Å². The molecule has 17 heavy (non-hydrogen) atoms. The monoisotopic (exact) mass is 238 g/mol. The summed E-state index contributed by atoms with van der Waals surface area (Å²) >= 11 is 0. The lowest BCUT2D eigenvalue weighted by Crippen LogP contribution is -2.58. The Balaban J connectivity index is 1.97. The minimum absolute atomic E-state index is 0.149. The predicted molar refractivity (Wildman–Crippen MR) is 67.9 cm³/mol. The molecule has 2 rings (SSSR count). The molecule has 1 fully saturated rings. The molecule has 1 N–H and O–H groups in total. The Bertz CT molecular complexity index is 356. The molecule has 3 atom stereocenters. The first-order valence-corrected chi connectivity index (χ1v) is 6.23. The van der Waals surface area contributed by atoms with Crippen molar-refractivity contribution >= 4 is 0 Å². The van der Waals surface area contributed by atoms with Crippen molar-refractivity contribution < 1.29 is 9.47 Å². The molecule has 4 heteroatoms. The van der Waals surface area contributed by atoms with Gasteiger partial charge in [-0.25, -0.2) is 0 Å². The normalized spacial score (nSPS) is 27.9. The number of methoxy groups -OCH3 is 1. The van der Waals surface area contributed by atoms with Crippen LogP contribution in [-0.4, -0.2) is 36.6 Å². The third-order valence-corrected chi connectivity index (χ3v) is 3.47. The molecule has 1 aliphatic rings. The summed E-state index contributed by atoms with van der Waals surface area (Å²) in [5.74, 6) is 0. The first-order chi connectivity index (χ1) is 8.17. The molecule has 0 aliphatic heterocycles. The van der Waals surface area contributed by atoms with E-state index >= 15 is 0 Å². The Morgan fingerprint density at radius 1 is 1.35 bits per heavy atom. The average Bonchev–Trinajstić information content (AvgIpc) is 2.59. The largest absolute Gasteiger partial charge is 0.377 e. The number of aromatic nitrogens is 1. The second kappa shape index (κ2) is 5.10. The van der Waals surface area contributed by atoms with Crippen LogP contribution >= 0.6 is 0 Å². The van der Waals surface area contributed by atoms with Gasteiger partial charge in [-0.15, -0.1) is 0 Å². The topological polar surface area (TPSA) is 35.4 Å². The first kappa shape index (κ1) is 12.5. The summed E-state index contributed by atoms with van der Waals surface area (Å²) in [7, 11) is 1.75. The lowest BCUT2D eigenvalue weighted by Gasteiger charge is -2.44. The zero-order chi connectivity index (χ0) is 12.4. The maximum Gasteiger partial charge on any atom is 0.105 e. The summed E-state index contributed by atoms with van der Waals surface area (Å²) in [5.41, 5.74) is 5.94. The van der Waals surface area contributed by atoms with Gasteiger partial charge in [0, 0.05) is 31.5 Å². The van der Waals surface area contributed by atoms with E-state index in [1.54, 1.807) is 7.11 Å². The maximum absolute atomic E-state index is 5.62. The van der Waals surface area contributed by atoms with Crippen LogP contribution in [0, 0.1) is 13.8 Å². The Kier molecular flexibility index (Phi) is 3.74. The Morgan fingerprint density at radius 3 is 2.53 bits per heavy atom. The molecule has 4 nitrogen and oxygen atoms in total. The van der Waals surface area contributed by atoms with Crippen LogP contribution in [0.25, 0.3) is 0 Å². The molecule has 96 valence electrons. The number of hydrogen-bond acceptors (Lipinski definition) is 3. The van der Waals surface area contributed by atoms with E-state index in [-0.39, 0.29) is 12.2 Å². The fourth-order valence-corrected chi connectivity index (χ4v) is 2.44. The average molecular weight is 238 g/mol. The predicted octanol–water partition coefficient (Wildman–Crippen LogP) is 1.84. The van der Waals surface area contributed by atoms with Crippen LogP contribution in [0.1, 0.15) is 24.7 Å². The maximum atomic E-state index is 5.62. The van der Waals surface area contributed by atoms with Crippen molar-refractivity contribution in [2.24, 2.45) is 0 Å². The highest BCUT2D eigenvalue weighted by Crippen LogP contribution is 2.28. The lowest BCUT2D eigenvalue weighted by atomic mass is 9.85. The minimum Gasteiger partial charge on any atom is -0.377 e. The van der Waals surface area contributed by atoms with E-state index < -0.39 is 0 Å². The summed E-state index contributed by atoms with van der Waals surface area (Å²) in [6.07, 6.45) is 1.39. The Hall–Kier alpha value is -1.00. The number of nitrogens with one attached hydrogen (secondary N) is 1. The van der Waals surface area contributed by atoms with Gasteiger partial charge in [0.05, 0.1) is 12.1 Å². The third-order valence-electron chi connectivity index (χ3n) is 3.47. The highest BCUT2D eigenvalue weighted by atomic mass is 16.5. The summed E-state index contributed by atoms with van der Waals surface area (Å²) in [5, 5.41) is 0. The fourth-order valence-electron chi connectivity index (χ4n) is 2.44. The number of ether oxygens (including phenoxy) is 2. The van der Waals surface area contributed by atoms with Gasteiger partial charge in [-0.3, -0.25) is 4.68 Å². The molecule has 0 aromatic carbocycles. The molecule has 1 aromatic heterocycles. The van der Waals surface area contributed by atoms with Gasteiger partial charge in [-0.2, -0.15) is 0 Å². The van der Waals surface area contributed by atoms with Crippen molar-refractivity contribution in [3.05, 3.63) is 23.5 Å². The lowest BCUT2D eigenvalue weighted by molar-refractivity contribution is -0.120. The molecule has 0 bridgehead atoms. The second-order valence-electron chi connectivity index (χ2n) is 4.62. The van der Waals surface area contributed by atoms with Gasteiger partial charge in [0.1, 0.15) is 6.10 Å². The molecule has 0 amide bonds. The van der Waals surface area contributed by atoms with Gasteiger partial charge in [-0.1, -0.05) is 0 Å². The van der Waals surface area contributed by atoms with Gasteiger partial charge < -0.3 is 14.9 Å². The van der Waals surface area contributed by atoms with Crippen molar-refractivity contribution in [3.8, 4) is 0 Å². The van der Waals surface area contributed by atoms with Crippen molar-refractivity contribution in [1.29, 1.82) is 0 Å². The molecule has 0 radical (unpaired) electrons. The summed E-state index contributed by atoms with van der Waals surface area (Å²) < 4.78 is 13.2. The zero-order valence-corrected chi connectivity index (χ0v) is 11.1. The number of rotatable bonds is 5. The first-order valence-electron chi connectivity index (χ1n) is 6.23. The summed E-state index contributed by atoms with van der Waals surface area (Å²) in [6, 6.07) is 4.56. The fraction of sp³-hybridized carbons (Fsp3) is 0.692. The van der Waals surface area contributed by atoms with Gasteiger partial charge in [0.15, 0.2) is 0 Å². The molecular formula is C13H22N2O2. The zero-order valence-electron chi connectivity index (χ0n) is 11.1. The third kappa shape index (κ3) is 2.33. The van der Waals surface area contributed by atoms with Crippen molar-refractivity contribution in [2.75, 3.05) is 19.1 Å². The molecule has 1 aliphatic carbocycles. The van der Waals surface area contributed by atoms with E-state index in [1.807, 2.05) is 6.92 Å². The van der Waals surface area contributed by atoms with Crippen molar-refractivity contribution in [2.45, 2.75) is 45.4 Å². The highest BCUT2D eigenvalue weighted by molar-refractivity contribution is 5.17. The summed E-state index contributed by atoms with van der Waals surface area (Å²) in [6.45, 7) is 6.97. The van der Waals surface area contributed by atoms with Gasteiger partial charge >= 0.3 is 0 Å². The van der Waals surface area contributed by atoms with E-state index in [0.29, 0.717) is 6.04 Å². The smallest absolute Gasteiger partial charge is 0.105 e. The van der Waals surface area contributed by atoms with E-state index in [0.717, 1.165) is 13.0 Å². The van der Waals surface area contributed by atoms with E-state index in [1.165, 1.54) is 11.4 Å². The van der Waals surface area contributed by atoms with E-state index in [2.05, 4.69) is 36.1 Å². The van der Waals surface area contributed by atoms with Crippen LogP contribution in [0.2, 0.25) is 0 Å².